The van der Waals surface area contributed by atoms with Gasteiger partial charge in [-0.3, -0.25) is 14.5 Å². The third kappa shape index (κ3) is 4.04. The number of carboxylic acids is 1. The molecule has 0 bridgehead atoms. The average Bonchev–Trinajstić information content (AvgIpc) is 2.48. The molecule has 2 rings (SSSR count). The van der Waals surface area contributed by atoms with E-state index in [0.717, 1.165) is 19.5 Å². The number of rotatable bonds is 6. The maximum Gasteiger partial charge on any atom is 0.304 e. The highest BCUT2D eigenvalue weighted by atomic mass is 16.4. The quantitative estimate of drug-likeness (QED) is 0.810. The van der Waals surface area contributed by atoms with Crippen molar-refractivity contribution in [1.29, 1.82) is 0 Å². The molecule has 0 unspecified atom stereocenters. The molecule has 21 heavy (non-hydrogen) atoms. The van der Waals surface area contributed by atoms with E-state index >= 15 is 0 Å². The van der Waals surface area contributed by atoms with E-state index in [1.165, 1.54) is 0 Å². The normalized spacial score (nSPS) is 16.1. The first kappa shape index (κ1) is 15.5. The second-order valence-electron chi connectivity index (χ2n) is 5.22. The van der Waals surface area contributed by atoms with Crippen LogP contribution in [0.1, 0.15) is 19.8 Å². The van der Waals surface area contributed by atoms with Crippen LogP contribution in [0.3, 0.4) is 0 Å². The molecule has 0 amide bonds. The van der Waals surface area contributed by atoms with E-state index in [-0.39, 0.29) is 12.0 Å². The highest BCUT2D eigenvalue weighted by molar-refractivity contribution is 5.66. The molecule has 1 aromatic rings. The standard InChI is InChI=1S/C14H22N4O3/c1-2-5-18-7-4-15-13(14(18)21)17-10-8-16(9-11-17)6-3-12(19)20/h4,7H,2-3,5-6,8-11H2,1H3,(H,19,20). The fourth-order valence-electron chi connectivity index (χ4n) is 2.51. The first-order valence-corrected chi connectivity index (χ1v) is 7.36. The van der Waals surface area contributed by atoms with Gasteiger partial charge in [-0.15, -0.1) is 0 Å². The number of hydrogen-bond donors (Lipinski definition) is 1. The number of carbonyl (C=O) groups is 1. The van der Waals surface area contributed by atoms with Crippen LogP contribution < -0.4 is 10.5 Å². The van der Waals surface area contributed by atoms with Crippen molar-refractivity contribution in [3.8, 4) is 0 Å². The van der Waals surface area contributed by atoms with Crippen molar-refractivity contribution in [1.82, 2.24) is 14.5 Å². The Bertz CT molecular complexity index is 535. The van der Waals surface area contributed by atoms with E-state index < -0.39 is 5.97 Å². The summed E-state index contributed by atoms with van der Waals surface area (Å²) in [5.74, 6) is -0.270. The number of nitrogens with zero attached hydrogens (tertiary/aromatic N) is 4. The van der Waals surface area contributed by atoms with Gasteiger partial charge in [0.15, 0.2) is 5.82 Å². The molecule has 0 spiro atoms. The Hall–Kier alpha value is -1.89. The zero-order valence-corrected chi connectivity index (χ0v) is 12.4. The molecule has 0 saturated carbocycles. The summed E-state index contributed by atoms with van der Waals surface area (Å²) >= 11 is 0. The zero-order valence-electron chi connectivity index (χ0n) is 12.4. The summed E-state index contributed by atoms with van der Waals surface area (Å²) in [4.78, 5) is 31.2. The summed E-state index contributed by atoms with van der Waals surface area (Å²) in [6.45, 7) is 6.23. The Kier molecular flexibility index (Phi) is 5.32. The first-order valence-electron chi connectivity index (χ1n) is 7.36. The van der Waals surface area contributed by atoms with E-state index in [4.69, 9.17) is 5.11 Å². The largest absolute Gasteiger partial charge is 0.481 e. The molecule has 7 heteroatoms. The van der Waals surface area contributed by atoms with Crippen molar-refractivity contribution in [3.05, 3.63) is 22.7 Å². The topological polar surface area (TPSA) is 78.7 Å². The van der Waals surface area contributed by atoms with Crippen molar-refractivity contribution in [2.45, 2.75) is 26.3 Å². The highest BCUT2D eigenvalue weighted by Crippen LogP contribution is 2.09. The molecule has 1 fully saturated rings. The maximum absolute atomic E-state index is 12.3. The van der Waals surface area contributed by atoms with E-state index in [2.05, 4.69) is 9.88 Å². The lowest BCUT2D eigenvalue weighted by atomic mass is 10.3. The third-order valence-corrected chi connectivity index (χ3v) is 3.67. The zero-order chi connectivity index (χ0) is 15.2. The molecule has 0 aromatic carbocycles. The van der Waals surface area contributed by atoms with Gasteiger partial charge in [-0.05, 0) is 6.42 Å². The molecule has 0 radical (unpaired) electrons. The fraction of sp³-hybridized carbons (Fsp3) is 0.643. The van der Waals surface area contributed by atoms with Gasteiger partial charge >= 0.3 is 5.97 Å². The van der Waals surface area contributed by atoms with Crippen molar-refractivity contribution in [2.24, 2.45) is 0 Å². The lowest BCUT2D eigenvalue weighted by Gasteiger charge is -2.34. The van der Waals surface area contributed by atoms with Crippen molar-refractivity contribution < 1.29 is 9.90 Å². The van der Waals surface area contributed by atoms with Crippen LogP contribution in [-0.2, 0) is 11.3 Å². The monoisotopic (exact) mass is 294 g/mol. The Morgan fingerprint density at radius 2 is 2.00 bits per heavy atom. The minimum atomic E-state index is -0.774. The summed E-state index contributed by atoms with van der Waals surface area (Å²) in [6, 6.07) is 0. The summed E-state index contributed by atoms with van der Waals surface area (Å²) < 4.78 is 1.69. The van der Waals surface area contributed by atoms with E-state index in [0.29, 0.717) is 32.0 Å². The van der Waals surface area contributed by atoms with Gasteiger partial charge in [0.05, 0.1) is 6.42 Å². The summed E-state index contributed by atoms with van der Waals surface area (Å²) in [6.07, 6.45) is 4.46. The molecule has 1 aliphatic heterocycles. The van der Waals surface area contributed by atoms with Gasteiger partial charge in [-0.1, -0.05) is 6.92 Å². The van der Waals surface area contributed by atoms with Crippen molar-refractivity contribution >= 4 is 11.8 Å². The smallest absolute Gasteiger partial charge is 0.304 e. The molecular formula is C14H22N4O3. The van der Waals surface area contributed by atoms with Crippen molar-refractivity contribution in [3.63, 3.8) is 0 Å². The molecule has 1 saturated heterocycles. The van der Waals surface area contributed by atoms with E-state index in [9.17, 15) is 9.59 Å². The molecule has 1 N–H and O–H groups in total. The van der Waals surface area contributed by atoms with Crippen LogP contribution in [0.15, 0.2) is 17.2 Å². The molecule has 7 nitrogen and oxygen atoms in total. The third-order valence-electron chi connectivity index (χ3n) is 3.67. The fourth-order valence-corrected chi connectivity index (χ4v) is 2.51. The van der Waals surface area contributed by atoms with Gasteiger partial charge in [0, 0.05) is 51.7 Å². The number of anilines is 1. The lowest BCUT2D eigenvalue weighted by molar-refractivity contribution is -0.137. The number of aliphatic carboxylic acids is 1. The van der Waals surface area contributed by atoms with Gasteiger partial charge in [0.1, 0.15) is 0 Å². The van der Waals surface area contributed by atoms with Crippen LogP contribution >= 0.6 is 0 Å². The SMILES string of the molecule is CCCn1ccnc(N2CCN(CCC(=O)O)CC2)c1=O. The first-order chi connectivity index (χ1) is 10.1. The Labute approximate surface area is 123 Å². The molecular weight excluding hydrogens is 272 g/mol. The number of hydrogen-bond acceptors (Lipinski definition) is 5. The van der Waals surface area contributed by atoms with E-state index in [1.54, 1.807) is 17.0 Å². The second kappa shape index (κ2) is 7.21. The Balaban J connectivity index is 1.97. The predicted octanol–water partition coefficient (Wildman–Crippen LogP) is 0.250. The Morgan fingerprint density at radius 3 is 2.62 bits per heavy atom. The average molecular weight is 294 g/mol. The summed E-state index contributed by atoms with van der Waals surface area (Å²) in [5, 5.41) is 8.70. The van der Waals surface area contributed by atoms with Crippen LogP contribution in [0.25, 0.3) is 0 Å². The van der Waals surface area contributed by atoms with Crippen LogP contribution in [0, 0.1) is 0 Å². The van der Waals surface area contributed by atoms with Crippen LogP contribution in [0.4, 0.5) is 5.82 Å². The molecule has 0 atom stereocenters. The van der Waals surface area contributed by atoms with Crippen molar-refractivity contribution in [2.75, 3.05) is 37.6 Å². The number of aromatic nitrogens is 2. The van der Waals surface area contributed by atoms with Crippen LogP contribution in [-0.4, -0.2) is 58.3 Å². The molecule has 116 valence electrons. The van der Waals surface area contributed by atoms with Gasteiger partial charge in [0.25, 0.3) is 5.56 Å². The van der Waals surface area contributed by atoms with Gasteiger partial charge in [0.2, 0.25) is 0 Å². The lowest BCUT2D eigenvalue weighted by Crippen LogP contribution is -2.49. The number of piperazine rings is 1. The minimum Gasteiger partial charge on any atom is -0.481 e. The maximum atomic E-state index is 12.3. The molecule has 1 aliphatic rings. The molecule has 1 aromatic heterocycles. The van der Waals surface area contributed by atoms with Gasteiger partial charge in [-0.25, -0.2) is 4.98 Å². The van der Waals surface area contributed by atoms with Crippen LogP contribution in [0.2, 0.25) is 0 Å². The molecule has 2 heterocycles. The number of carboxylic acid groups (broad SMARTS) is 1. The number of aryl methyl sites for hydroxylation is 1. The summed E-state index contributed by atoms with van der Waals surface area (Å²) in [5.41, 5.74) is -0.0432. The predicted molar refractivity (Wildman–Crippen MR) is 79.7 cm³/mol. The van der Waals surface area contributed by atoms with Crippen LogP contribution in [0.5, 0.6) is 0 Å². The highest BCUT2D eigenvalue weighted by Gasteiger charge is 2.20. The summed E-state index contributed by atoms with van der Waals surface area (Å²) in [7, 11) is 0. The minimum absolute atomic E-state index is 0.0432. The van der Waals surface area contributed by atoms with Gasteiger partial charge in [-0.2, -0.15) is 0 Å². The molecule has 0 aliphatic carbocycles. The van der Waals surface area contributed by atoms with Gasteiger partial charge < -0.3 is 14.6 Å². The van der Waals surface area contributed by atoms with E-state index in [1.807, 2.05) is 11.8 Å². The second-order valence-corrected chi connectivity index (χ2v) is 5.22. The Morgan fingerprint density at radius 1 is 1.29 bits per heavy atom.